The van der Waals surface area contributed by atoms with Crippen molar-refractivity contribution in [3.63, 3.8) is 0 Å². The smallest absolute Gasteiger partial charge is 0.260 e. The van der Waals surface area contributed by atoms with Gasteiger partial charge >= 0.3 is 0 Å². The number of rotatable bonds is 5. The topological polar surface area (TPSA) is 228 Å². The first-order chi connectivity index (χ1) is 24.4. The van der Waals surface area contributed by atoms with E-state index in [1.165, 1.54) is 12.3 Å². The zero-order valence-electron chi connectivity index (χ0n) is 26.3. The molecule has 6 N–H and O–H groups in total. The van der Waals surface area contributed by atoms with E-state index in [0.29, 0.717) is 5.56 Å². The number of fused-ring (bicyclic) bond motifs is 6. The van der Waals surface area contributed by atoms with E-state index in [9.17, 15) is 44.1 Å². The van der Waals surface area contributed by atoms with Gasteiger partial charge in [0.15, 0.2) is 23.1 Å². The highest BCUT2D eigenvalue weighted by molar-refractivity contribution is 9.10. The molecule has 1 spiro atoms. The van der Waals surface area contributed by atoms with Crippen molar-refractivity contribution in [2.24, 2.45) is 5.10 Å². The van der Waals surface area contributed by atoms with Gasteiger partial charge in [-0.2, -0.15) is 5.10 Å². The molecule has 1 atom stereocenters. The number of para-hydroxylation sites is 1. The molecular weight excluding hydrogens is 728 g/mol. The lowest BCUT2D eigenvalue weighted by Crippen LogP contribution is -2.36. The average Bonchev–Trinajstić information content (AvgIpc) is 3.77. The maximum atomic E-state index is 14.3. The van der Waals surface area contributed by atoms with Crippen molar-refractivity contribution in [1.29, 1.82) is 0 Å². The molecule has 0 radical (unpaired) electrons. The van der Waals surface area contributed by atoms with Gasteiger partial charge in [-0.1, -0.05) is 18.2 Å². The number of phenols is 3. The van der Waals surface area contributed by atoms with Crippen molar-refractivity contribution in [2.45, 2.75) is 24.7 Å². The highest BCUT2D eigenvalue weighted by Crippen LogP contribution is 2.58. The van der Waals surface area contributed by atoms with Gasteiger partial charge in [0, 0.05) is 38.6 Å². The van der Waals surface area contributed by atoms with Gasteiger partial charge in [-0.15, -0.1) is 0 Å². The van der Waals surface area contributed by atoms with Crippen molar-refractivity contribution in [3.8, 4) is 17.2 Å². The summed E-state index contributed by atoms with van der Waals surface area (Å²) in [5, 5.41) is 38.9. The Labute approximate surface area is 293 Å². The summed E-state index contributed by atoms with van der Waals surface area (Å²) in [6, 6.07) is 9.01. The van der Waals surface area contributed by atoms with Crippen LogP contribution in [0.5, 0.6) is 17.2 Å². The number of nitrogens with zero attached hydrogens (tertiary/aromatic N) is 1. The number of carbonyl (C=O) groups excluding carboxylic acids is 5. The number of H-pyrrole nitrogens is 2. The molecule has 0 aliphatic heterocycles. The van der Waals surface area contributed by atoms with Gasteiger partial charge in [0.1, 0.15) is 22.7 Å². The SMILES string of the molecule is COC1=CC(=O)c2c(O)c3c(c(O)c2C1=O)C(=O)[C@]1(CCc2c1c(O)c1c(=O)[nH]c(/C=N/NC(=O)Cc4c[nH]c5ccccc45)cc1c2Br)C3=O. The highest BCUT2D eigenvalue weighted by atomic mass is 79.9. The zero-order chi connectivity index (χ0) is 36.1. The number of carbonyl (C=O) groups is 5. The van der Waals surface area contributed by atoms with Crippen molar-refractivity contribution >= 4 is 72.9 Å². The lowest BCUT2D eigenvalue weighted by atomic mass is 9.76. The van der Waals surface area contributed by atoms with Crippen molar-refractivity contribution < 1.29 is 44.0 Å². The fraction of sp³-hybridized carbons (Fsp3) is 0.139. The van der Waals surface area contributed by atoms with Gasteiger partial charge in [-0.05, 0) is 52.0 Å². The van der Waals surface area contributed by atoms with E-state index in [1.807, 2.05) is 24.3 Å². The quantitative estimate of drug-likeness (QED) is 0.0660. The average molecular weight is 752 g/mol. The molecule has 0 saturated heterocycles. The van der Waals surface area contributed by atoms with Crippen LogP contribution >= 0.6 is 15.9 Å². The van der Waals surface area contributed by atoms with Crippen LogP contribution in [0.1, 0.15) is 70.2 Å². The van der Waals surface area contributed by atoms with Gasteiger partial charge in [-0.25, -0.2) is 5.43 Å². The number of nitrogens with one attached hydrogen (secondary N) is 3. The maximum Gasteiger partial charge on any atom is 0.260 e. The Bertz CT molecular complexity index is 2650. The van der Waals surface area contributed by atoms with E-state index in [4.69, 9.17) is 4.74 Å². The number of ketones is 4. The number of hydrogen-bond donors (Lipinski definition) is 6. The van der Waals surface area contributed by atoms with E-state index < -0.39 is 85.3 Å². The van der Waals surface area contributed by atoms with E-state index in [0.717, 1.165) is 29.7 Å². The first kappa shape index (κ1) is 31.9. The van der Waals surface area contributed by atoms with Gasteiger partial charge in [0.2, 0.25) is 11.7 Å². The molecule has 3 aliphatic carbocycles. The Morgan fingerprint density at radius 3 is 2.43 bits per heavy atom. The number of aromatic nitrogens is 2. The standard InChI is InChI=1S/C36H23BrN4O10/c1-51-20-10-19(42)23-24(29(20)44)31(46)26-25(30(23)45)33(48)36(34(26)49)7-6-16-27(36)32(47)22-17(28(16)37)9-14(40-35(22)50)12-39-41-21(43)8-13-11-38-18-5-3-2-4-15(13)18/h2-5,9-12,38,45-47H,6-8H2,1H3,(H,40,50)(H,41,43)/b39-12+/t36-/m0/s1. The summed E-state index contributed by atoms with van der Waals surface area (Å²) < 4.78 is 5.22. The number of aromatic amines is 2. The number of hydrogen-bond acceptors (Lipinski definition) is 11. The number of benzene rings is 3. The molecule has 1 amide bonds. The summed E-state index contributed by atoms with van der Waals surface area (Å²) in [5.41, 5.74) is -1.32. The van der Waals surface area contributed by atoms with Crippen LogP contribution in [0, 0.1) is 0 Å². The summed E-state index contributed by atoms with van der Waals surface area (Å²) in [6.07, 6.45) is 3.62. The van der Waals surface area contributed by atoms with E-state index in [2.05, 4.69) is 36.4 Å². The molecule has 8 rings (SSSR count). The summed E-state index contributed by atoms with van der Waals surface area (Å²) >= 11 is 3.49. The molecule has 0 unspecified atom stereocenters. The Morgan fingerprint density at radius 1 is 1.00 bits per heavy atom. The third-order valence-corrected chi connectivity index (χ3v) is 10.7. The fourth-order valence-corrected chi connectivity index (χ4v) is 8.25. The number of methoxy groups -OCH3 is 1. The lowest BCUT2D eigenvalue weighted by Gasteiger charge is -2.23. The van der Waals surface area contributed by atoms with Crippen LogP contribution < -0.4 is 11.0 Å². The minimum absolute atomic E-state index is 0.0411. The minimum Gasteiger partial charge on any atom is -0.507 e. The predicted molar refractivity (Wildman–Crippen MR) is 184 cm³/mol. The number of amides is 1. The molecule has 0 saturated carbocycles. The van der Waals surface area contributed by atoms with Crippen LogP contribution in [0.2, 0.25) is 0 Å². The number of aromatic hydroxyl groups is 3. The summed E-state index contributed by atoms with van der Waals surface area (Å²) in [5.74, 6) is -7.39. The Hall–Kier alpha value is -6.35. The summed E-state index contributed by atoms with van der Waals surface area (Å²) in [4.78, 5) is 86.2. The molecular formula is C36H23BrN4O10. The number of allylic oxidation sites excluding steroid dienone is 2. The largest absolute Gasteiger partial charge is 0.507 e. The third-order valence-electron chi connectivity index (χ3n) is 9.78. The molecule has 14 nitrogen and oxygen atoms in total. The third kappa shape index (κ3) is 4.24. The number of ether oxygens (including phenoxy) is 1. The molecule has 2 aromatic heterocycles. The monoisotopic (exact) mass is 750 g/mol. The van der Waals surface area contributed by atoms with Gasteiger partial charge in [-0.3, -0.25) is 28.8 Å². The predicted octanol–water partition coefficient (Wildman–Crippen LogP) is 3.75. The fourth-order valence-electron chi connectivity index (χ4n) is 7.54. The Morgan fingerprint density at radius 2 is 1.71 bits per heavy atom. The van der Waals surface area contributed by atoms with Crippen LogP contribution in [-0.2, 0) is 27.8 Å². The van der Waals surface area contributed by atoms with Crippen LogP contribution in [0.3, 0.4) is 0 Å². The molecule has 3 aromatic carbocycles. The molecule has 5 aromatic rings. The number of phenolic OH excluding ortho intramolecular Hbond substituents is 3. The maximum absolute atomic E-state index is 14.3. The van der Waals surface area contributed by atoms with Gasteiger partial charge < -0.3 is 30.0 Å². The number of pyridine rings is 1. The molecule has 0 fully saturated rings. The summed E-state index contributed by atoms with van der Waals surface area (Å²) in [7, 11) is 1.12. The second-order valence-electron chi connectivity index (χ2n) is 12.4. The molecule has 0 bridgehead atoms. The van der Waals surface area contributed by atoms with E-state index in [1.54, 1.807) is 6.20 Å². The number of hydrazone groups is 1. The lowest BCUT2D eigenvalue weighted by molar-refractivity contribution is -0.120. The number of halogens is 1. The van der Waals surface area contributed by atoms with Crippen LogP contribution in [0.15, 0.2) is 62.7 Å². The van der Waals surface area contributed by atoms with Crippen molar-refractivity contribution in [1.82, 2.24) is 15.4 Å². The minimum atomic E-state index is -2.19. The van der Waals surface area contributed by atoms with E-state index in [-0.39, 0.29) is 45.8 Å². The first-order valence-corrected chi connectivity index (χ1v) is 16.2. The van der Waals surface area contributed by atoms with E-state index >= 15 is 0 Å². The Kier molecular flexibility index (Phi) is 6.93. The van der Waals surface area contributed by atoms with Gasteiger partial charge in [0.05, 0.1) is 53.1 Å². The van der Waals surface area contributed by atoms with Gasteiger partial charge in [0.25, 0.3) is 5.56 Å². The molecule has 51 heavy (non-hydrogen) atoms. The Balaban J connectivity index is 1.17. The number of Topliss-reactive ketones (excluding diaryl/α,β-unsaturated/α-hetero) is 3. The van der Waals surface area contributed by atoms with Crippen LogP contribution in [-0.4, -0.2) is 67.7 Å². The van der Waals surface area contributed by atoms with Crippen molar-refractivity contribution in [3.05, 3.63) is 108 Å². The molecule has 2 heterocycles. The molecule has 254 valence electrons. The first-order valence-electron chi connectivity index (χ1n) is 15.4. The normalized spacial score (nSPS) is 17.8. The second kappa shape index (κ2) is 11.1. The van der Waals surface area contributed by atoms with Crippen LogP contribution in [0.4, 0.5) is 0 Å². The molecule has 3 aliphatic rings. The van der Waals surface area contributed by atoms with Crippen molar-refractivity contribution in [2.75, 3.05) is 7.11 Å². The molecule has 15 heteroatoms. The highest BCUT2D eigenvalue weighted by Gasteiger charge is 2.62. The van der Waals surface area contributed by atoms with Crippen LogP contribution in [0.25, 0.3) is 21.7 Å². The zero-order valence-corrected chi connectivity index (χ0v) is 27.9. The second-order valence-corrected chi connectivity index (χ2v) is 13.1. The summed E-state index contributed by atoms with van der Waals surface area (Å²) in [6.45, 7) is 0.